The van der Waals surface area contributed by atoms with Crippen molar-refractivity contribution in [2.45, 2.75) is 39.2 Å². The van der Waals surface area contributed by atoms with Gasteiger partial charge in [-0.15, -0.1) is 0 Å². The topological polar surface area (TPSA) is 75.7 Å². The van der Waals surface area contributed by atoms with Gasteiger partial charge >= 0.3 is 6.09 Å². The number of ketones is 1. The van der Waals surface area contributed by atoms with E-state index in [1.165, 1.54) is 0 Å². The third-order valence-electron chi connectivity index (χ3n) is 5.92. The SMILES string of the molecule is CC(=O)c1cccc(-c2ccc3c(c2)C(=O)NCC2CN(C(=O)OC(C)(C)C)CC32)c1. The van der Waals surface area contributed by atoms with Crippen molar-refractivity contribution in [2.75, 3.05) is 19.6 Å². The van der Waals surface area contributed by atoms with Gasteiger partial charge in [-0.2, -0.15) is 0 Å². The number of hydrogen-bond acceptors (Lipinski definition) is 4. The van der Waals surface area contributed by atoms with Crippen molar-refractivity contribution < 1.29 is 19.1 Å². The number of nitrogens with zero attached hydrogens (tertiary/aromatic N) is 1. The largest absolute Gasteiger partial charge is 0.444 e. The Morgan fingerprint density at radius 3 is 2.52 bits per heavy atom. The summed E-state index contributed by atoms with van der Waals surface area (Å²) in [6, 6.07) is 13.3. The minimum absolute atomic E-state index is 0.00499. The molecule has 2 heterocycles. The van der Waals surface area contributed by atoms with Crippen molar-refractivity contribution in [3.8, 4) is 11.1 Å². The standard InChI is InChI=1S/C25H28N2O4/c1-15(28)16-6-5-7-17(10-16)18-8-9-20-21(11-18)23(29)26-12-19-13-27(14-22(19)20)24(30)31-25(2,3)4/h5-11,19,22H,12-14H2,1-4H3,(H,26,29). The molecular weight excluding hydrogens is 392 g/mol. The molecule has 0 spiro atoms. The summed E-state index contributed by atoms with van der Waals surface area (Å²) in [5.74, 6) is 0.117. The van der Waals surface area contributed by atoms with Crippen LogP contribution >= 0.6 is 0 Å². The molecule has 162 valence electrons. The molecule has 4 rings (SSSR count). The van der Waals surface area contributed by atoms with Crippen LogP contribution in [0.25, 0.3) is 11.1 Å². The molecule has 0 radical (unpaired) electrons. The van der Waals surface area contributed by atoms with E-state index in [9.17, 15) is 14.4 Å². The molecule has 0 saturated carbocycles. The van der Waals surface area contributed by atoms with Crippen LogP contribution in [0.1, 0.15) is 59.9 Å². The van der Waals surface area contributed by atoms with Crippen LogP contribution in [0.15, 0.2) is 42.5 Å². The molecule has 2 unspecified atom stereocenters. The monoisotopic (exact) mass is 420 g/mol. The zero-order valence-electron chi connectivity index (χ0n) is 18.4. The molecular formula is C25H28N2O4. The van der Waals surface area contributed by atoms with Crippen molar-refractivity contribution in [3.63, 3.8) is 0 Å². The Balaban J connectivity index is 1.65. The predicted molar refractivity (Wildman–Crippen MR) is 118 cm³/mol. The highest BCUT2D eigenvalue weighted by atomic mass is 16.6. The van der Waals surface area contributed by atoms with E-state index < -0.39 is 5.60 Å². The fraction of sp³-hybridized carbons (Fsp3) is 0.400. The molecule has 1 fully saturated rings. The highest BCUT2D eigenvalue weighted by Gasteiger charge is 2.41. The van der Waals surface area contributed by atoms with E-state index in [0.717, 1.165) is 16.7 Å². The first-order valence-electron chi connectivity index (χ1n) is 10.6. The number of fused-ring (bicyclic) bond motifs is 3. The number of likely N-dealkylation sites (tertiary alicyclic amines) is 1. The van der Waals surface area contributed by atoms with Crippen molar-refractivity contribution in [2.24, 2.45) is 5.92 Å². The average Bonchev–Trinajstić information content (AvgIpc) is 3.09. The fourth-order valence-corrected chi connectivity index (χ4v) is 4.40. The number of nitrogens with one attached hydrogen (secondary N) is 1. The van der Waals surface area contributed by atoms with E-state index in [2.05, 4.69) is 5.32 Å². The lowest BCUT2D eigenvalue weighted by Crippen LogP contribution is -2.36. The lowest BCUT2D eigenvalue weighted by Gasteiger charge is -2.24. The van der Waals surface area contributed by atoms with Gasteiger partial charge in [0.05, 0.1) is 0 Å². The molecule has 6 heteroatoms. The van der Waals surface area contributed by atoms with Gasteiger partial charge in [0.25, 0.3) is 5.91 Å². The van der Waals surface area contributed by atoms with Gasteiger partial charge in [-0.05, 0) is 56.5 Å². The summed E-state index contributed by atoms with van der Waals surface area (Å²) in [6.07, 6.45) is -0.314. The molecule has 2 aromatic rings. The Morgan fingerprint density at radius 1 is 1.06 bits per heavy atom. The number of benzene rings is 2. The molecule has 2 atom stereocenters. The molecule has 2 aromatic carbocycles. The zero-order valence-corrected chi connectivity index (χ0v) is 18.4. The van der Waals surface area contributed by atoms with Gasteiger partial charge < -0.3 is 15.0 Å². The Morgan fingerprint density at radius 2 is 1.81 bits per heavy atom. The van der Waals surface area contributed by atoms with Crippen LogP contribution in [-0.4, -0.2) is 47.9 Å². The maximum Gasteiger partial charge on any atom is 0.410 e. The van der Waals surface area contributed by atoms with Crippen LogP contribution in [0.5, 0.6) is 0 Å². The highest BCUT2D eigenvalue weighted by molar-refractivity contribution is 5.98. The van der Waals surface area contributed by atoms with Gasteiger partial charge in [0.1, 0.15) is 5.60 Å². The summed E-state index contributed by atoms with van der Waals surface area (Å²) in [7, 11) is 0. The van der Waals surface area contributed by atoms with Crippen LogP contribution in [-0.2, 0) is 4.74 Å². The van der Waals surface area contributed by atoms with Gasteiger partial charge in [0.15, 0.2) is 5.78 Å². The predicted octanol–water partition coefficient (Wildman–Crippen LogP) is 4.25. The minimum Gasteiger partial charge on any atom is -0.444 e. The van der Waals surface area contributed by atoms with E-state index >= 15 is 0 Å². The van der Waals surface area contributed by atoms with E-state index in [-0.39, 0.29) is 29.6 Å². The molecule has 0 aliphatic carbocycles. The third kappa shape index (κ3) is 4.33. The highest BCUT2D eigenvalue weighted by Crippen LogP contribution is 2.38. The first kappa shape index (κ1) is 21.1. The maximum atomic E-state index is 12.8. The molecule has 1 N–H and O–H groups in total. The number of carbonyl (C=O) groups excluding carboxylic acids is 3. The van der Waals surface area contributed by atoms with Crippen molar-refractivity contribution >= 4 is 17.8 Å². The number of rotatable bonds is 2. The summed E-state index contributed by atoms with van der Waals surface area (Å²) >= 11 is 0. The number of carbonyl (C=O) groups is 3. The maximum absolute atomic E-state index is 12.8. The number of hydrogen-bond donors (Lipinski definition) is 1. The van der Waals surface area contributed by atoms with Gasteiger partial charge in [-0.25, -0.2) is 4.79 Å². The Hall–Kier alpha value is -3.15. The molecule has 2 aliphatic heterocycles. The van der Waals surface area contributed by atoms with Crippen molar-refractivity contribution in [3.05, 3.63) is 59.2 Å². The van der Waals surface area contributed by atoms with Crippen molar-refractivity contribution in [1.82, 2.24) is 10.2 Å². The van der Waals surface area contributed by atoms with Crippen molar-refractivity contribution in [1.29, 1.82) is 0 Å². The van der Waals surface area contributed by atoms with Crippen LogP contribution < -0.4 is 5.32 Å². The average molecular weight is 421 g/mol. The van der Waals surface area contributed by atoms with Gasteiger partial charge in [0.2, 0.25) is 0 Å². The molecule has 0 bridgehead atoms. The summed E-state index contributed by atoms with van der Waals surface area (Å²) in [6.45, 7) is 8.72. The Bertz CT molecular complexity index is 1050. The molecule has 1 saturated heterocycles. The number of ether oxygens (including phenoxy) is 1. The normalized spacial score (nSPS) is 20.4. The molecule has 2 amide bonds. The first-order chi connectivity index (χ1) is 14.6. The van der Waals surface area contributed by atoms with Gasteiger partial charge in [-0.3, -0.25) is 9.59 Å². The van der Waals surface area contributed by atoms with E-state index in [1.807, 2.05) is 57.2 Å². The lowest BCUT2D eigenvalue weighted by molar-refractivity contribution is 0.0286. The number of amides is 2. The molecule has 6 nitrogen and oxygen atoms in total. The number of Topliss-reactive ketones (excluding diaryl/α,β-unsaturated/α-hetero) is 1. The second-order valence-corrected chi connectivity index (χ2v) is 9.40. The first-order valence-corrected chi connectivity index (χ1v) is 10.6. The van der Waals surface area contributed by atoms with Gasteiger partial charge in [-0.1, -0.05) is 30.3 Å². The summed E-state index contributed by atoms with van der Waals surface area (Å²) in [5.41, 5.74) is 3.46. The lowest BCUT2D eigenvalue weighted by atomic mass is 9.86. The van der Waals surface area contributed by atoms with Crippen LogP contribution in [0, 0.1) is 5.92 Å². The van der Waals surface area contributed by atoms with Crippen LogP contribution in [0.3, 0.4) is 0 Å². The molecule has 0 aromatic heterocycles. The van der Waals surface area contributed by atoms with Crippen LogP contribution in [0.4, 0.5) is 4.79 Å². The Kier molecular flexibility index (Phi) is 5.33. The van der Waals surface area contributed by atoms with Crippen LogP contribution in [0.2, 0.25) is 0 Å². The third-order valence-corrected chi connectivity index (χ3v) is 5.92. The summed E-state index contributed by atoms with van der Waals surface area (Å²) in [5, 5.41) is 3.02. The van der Waals surface area contributed by atoms with E-state index in [4.69, 9.17) is 4.74 Å². The summed E-state index contributed by atoms with van der Waals surface area (Å²) in [4.78, 5) is 38.9. The second kappa shape index (κ2) is 7.84. The quantitative estimate of drug-likeness (QED) is 0.737. The molecule has 31 heavy (non-hydrogen) atoms. The minimum atomic E-state index is -0.544. The Labute approximate surface area is 182 Å². The second-order valence-electron chi connectivity index (χ2n) is 9.40. The van der Waals surface area contributed by atoms with E-state index in [1.54, 1.807) is 17.9 Å². The fourth-order valence-electron chi connectivity index (χ4n) is 4.40. The van der Waals surface area contributed by atoms with E-state index in [0.29, 0.717) is 30.8 Å². The zero-order chi connectivity index (χ0) is 22.3. The molecule has 2 aliphatic rings. The smallest absolute Gasteiger partial charge is 0.410 e. The summed E-state index contributed by atoms with van der Waals surface area (Å²) < 4.78 is 5.55. The van der Waals surface area contributed by atoms with Gasteiger partial charge in [0, 0.05) is 42.6 Å².